The predicted molar refractivity (Wildman–Crippen MR) is 69.9 cm³/mol. The van der Waals surface area contributed by atoms with Gasteiger partial charge in [-0.3, -0.25) is 4.79 Å². The van der Waals surface area contributed by atoms with Crippen LogP contribution in [0.4, 0.5) is 0 Å². The smallest absolute Gasteiger partial charge is 0.307 e. The van der Waals surface area contributed by atoms with E-state index in [9.17, 15) is 4.79 Å². The minimum atomic E-state index is -0.614. The first-order valence-corrected chi connectivity index (χ1v) is 7.49. The fraction of sp³-hybridized carbons (Fsp3) is 0.923. The zero-order valence-corrected chi connectivity index (χ0v) is 11.3. The Morgan fingerprint density at radius 1 is 1.31 bits per heavy atom. The van der Waals surface area contributed by atoms with Gasteiger partial charge in [0, 0.05) is 11.0 Å². The number of carboxylic acid groups (broad SMARTS) is 1. The van der Waals surface area contributed by atoms with Gasteiger partial charge in [0.25, 0.3) is 0 Å². The minimum absolute atomic E-state index is 0.146. The Morgan fingerprint density at radius 2 is 1.94 bits per heavy atom. The second-order valence-corrected chi connectivity index (χ2v) is 6.59. The highest BCUT2D eigenvalue weighted by molar-refractivity contribution is 7.99. The summed E-state index contributed by atoms with van der Waals surface area (Å²) in [6.07, 6.45) is 7.43. The highest BCUT2D eigenvalue weighted by Gasteiger charge is 2.22. The van der Waals surface area contributed by atoms with E-state index in [0.717, 1.165) is 17.4 Å². The van der Waals surface area contributed by atoms with Gasteiger partial charge in [-0.15, -0.1) is 0 Å². The second-order valence-electron chi connectivity index (χ2n) is 5.26. The Labute approximate surface area is 103 Å². The molecule has 1 rings (SSSR count). The normalized spacial score (nSPS) is 19.9. The quantitative estimate of drug-likeness (QED) is 0.772. The van der Waals surface area contributed by atoms with Crippen LogP contribution in [0.5, 0.6) is 0 Å². The van der Waals surface area contributed by atoms with Gasteiger partial charge in [0.2, 0.25) is 0 Å². The van der Waals surface area contributed by atoms with Gasteiger partial charge in [-0.2, -0.15) is 11.8 Å². The van der Waals surface area contributed by atoms with Crippen molar-refractivity contribution < 1.29 is 9.90 Å². The topological polar surface area (TPSA) is 37.3 Å². The van der Waals surface area contributed by atoms with E-state index in [1.165, 1.54) is 32.1 Å². The first-order chi connectivity index (χ1) is 7.59. The molecule has 0 bridgehead atoms. The van der Waals surface area contributed by atoms with Gasteiger partial charge in [-0.1, -0.05) is 33.1 Å². The lowest BCUT2D eigenvalue weighted by atomic mass is 9.99. The molecule has 0 aromatic heterocycles. The molecule has 0 aromatic rings. The van der Waals surface area contributed by atoms with Gasteiger partial charge in [-0.05, 0) is 25.2 Å². The Balaban J connectivity index is 2.28. The molecule has 0 aliphatic heterocycles. The number of rotatable bonds is 6. The summed E-state index contributed by atoms with van der Waals surface area (Å²) in [6, 6.07) is 0. The van der Waals surface area contributed by atoms with Crippen LogP contribution in [0.1, 0.15) is 52.4 Å². The number of aliphatic carboxylic acids is 1. The van der Waals surface area contributed by atoms with E-state index >= 15 is 0 Å². The van der Waals surface area contributed by atoms with E-state index in [4.69, 9.17) is 5.11 Å². The summed E-state index contributed by atoms with van der Waals surface area (Å²) in [4.78, 5) is 11.1. The van der Waals surface area contributed by atoms with Crippen molar-refractivity contribution in [3.05, 3.63) is 0 Å². The van der Waals surface area contributed by atoms with Gasteiger partial charge in [-0.25, -0.2) is 0 Å². The van der Waals surface area contributed by atoms with Crippen LogP contribution >= 0.6 is 11.8 Å². The maximum Gasteiger partial charge on any atom is 0.307 e. The summed E-state index contributed by atoms with van der Waals surface area (Å²) >= 11 is 1.89. The molecular weight excluding hydrogens is 220 g/mol. The van der Waals surface area contributed by atoms with Crippen molar-refractivity contribution in [2.75, 3.05) is 5.75 Å². The van der Waals surface area contributed by atoms with E-state index in [-0.39, 0.29) is 5.92 Å². The molecule has 1 N–H and O–H groups in total. The van der Waals surface area contributed by atoms with Gasteiger partial charge >= 0.3 is 5.97 Å². The fourth-order valence-corrected chi connectivity index (χ4v) is 3.74. The zero-order chi connectivity index (χ0) is 12.0. The van der Waals surface area contributed by atoms with Gasteiger partial charge in [0.1, 0.15) is 0 Å². The molecule has 0 radical (unpaired) electrons. The van der Waals surface area contributed by atoms with Crippen LogP contribution in [-0.4, -0.2) is 22.1 Å². The Kier molecular flexibility index (Phi) is 6.25. The monoisotopic (exact) mass is 244 g/mol. The lowest BCUT2D eigenvalue weighted by molar-refractivity contribution is -0.141. The van der Waals surface area contributed by atoms with E-state index in [1.807, 2.05) is 11.8 Å². The van der Waals surface area contributed by atoms with Gasteiger partial charge in [0.15, 0.2) is 0 Å². The Hall–Kier alpha value is -0.180. The standard InChI is InChI=1S/C13H24O2S/c1-10(2)8-11(13(14)15)9-16-12-6-4-3-5-7-12/h10-12H,3-9H2,1-2H3,(H,14,15). The molecule has 0 saturated heterocycles. The molecule has 1 atom stereocenters. The third kappa shape index (κ3) is 5.24. The van der Waals surface area contributed by atoms with Gasteiger partial charge in [0.05, 0.1) is 5.92 Å². The molecule has 1 saturated carbocycles. The highest BCUT2D eigenvalue weighted by Crippen LogP contribution is 2.30. The van der Waals surface area contributed by atoms with Gasteiger partial charge < -0.3 is 5.11 Å². The SMILES string of the molecule is CC(C)CC(CSC1CCCCC1)C(=O)O. The van der Waals surface area contributed by atoms with Crippen molar-refractivity contribution >= 4 is 17.7 Å². The number of hydrogen-bond donors (Lipinski definition) is 1. The molecule has 1 aliphatic carbocycles. The van der Waals surface area contributed by atoms with Crippen LogP contribution in [0.3, 0.4) is 0 Å². The Morgan fingerprint density at radius 3 is 2.44 bits per heavy atom. The Bertz CT molecular complexity index is 210. The van der Waals surface area contributed by atoms with Crippen LogP contribution in [0, 0.1) is 11.8 Å². The first-order valence-electron chi connectivity index (χ1n) is 6.44. The molecule has 3 heteroatoms. The van der Waals surface area contributed by atoms with Crippen molar-refractivity contribution in [1.82, 2.24) is 0 Å². The van der Waals surface area contributed by atoms with Crippen LogP contribution in [0.2, 0.25) is 0 Å². The molecule has 0 spiro atoms. The lowest BCUT2D eigenvalue weighted by Crippen LogP contribution is -2.20. The van der Waals surface area contributed by atoms with Crippen molar-refractivity contribution in [2.24, 2.45) is 11.8 Å². The number of carboxylic acids is 1. The molecule has 1 aliphatic rings. The van der Waals surface area contributed by atoms with E-state index in [2.05, 4.69) is 13.8 Å². The molecule has 94 valence electrons. The molecule has 16 heavy (non-hydrogen) atoms. The second kappa shape index (κ2) is 7.21. The van der Waals surface area contributed by atoms with E-state index in [1.54, 1.807) is 0 Å². The number of carbonyl (C=O) groups is 1. The molecule has 0 aromatic carbocycles. The molecule has 1 fully saturated rings. The van der Waals surface area contributed by atoms with Crippen LogP contribution in [0.15, 0.2) is 0 Å². The summed E-state index contributed by atoms with van der Waals surface area (Å²) in [5, 5.41) is 9.86. The van der Waals surface area contributed by atoms with E-state index in [0.29, 0.717) is 5.92 Å². The largest absolute Gasteiger partial charge is 0.481 e. The number of thioether (sulfide) groups is 1. The summed E-state index contributed by atoms with van der Waals surface area (Å²) in [6.45, 7) is 4.20. The number of hydrogen-bond acceptors (Lipinski definition) is 2. The first kappa shape index (κ1) is 13.9. The minimum Gasteiger partial charge on any atom is -0.481 e. The average Bonchev–Trinajstić information content (AvgIpc) is 2.25. The highest BCUT2D eigenvalue weighted by atomic mass is 32.2. The molecule has 0 heterocycles. The third-order valence-electron chi connectivity index (χ3n) is 3.19. The van der Waals surface area contributed by atoms with Crippen LogP contribution in [-0.2, 0) is 4.79 Å². The molecule has 1 unspecified atom stereocenters. The maximum absolute atomic E-state index is 11.1. The predicted octanol–water partition coefficient (Wildman–Crippen LogP) is 3.80. The van der Waals surface area contributed by atoms with Crippen LogP contribution in [0.25, 0.3) is 0 Å². The summed E-state index contributed by atoms with van der Waals surface area (Å²) in [5.41, 5.74) is 0. The molecule has 2 nitrogen and oxygen atoms in total. The van der Waals surface area contributed by atoms with Crippen molar-refractivity contribution in [3.8, 4) is 0 Å². The molecular formula is C13H24O2S. The van der Waals surface area contributed by atoms with Crippen molar-refractivity contribution in [3.63, 3.8) is 0 Å². The van der Waals surface area contributed by atoms with Crippen LogP contribution < -0.4 is 0 Å². The molecule has 0 amide bonds. The third-order valence-corrected chi connectivity index (χ3v) is 4.73. The van der Waals surface area contributed by atoms with Crippen molar-refractivity contribution in [1.29, 1.82) is 0 Å². The average molecular weight is 244 g/mol. The summed E-state index contributed by atoms with van der Waals surface area (Å²) in [7, 11) is 0. The summed E-state index contributed by atoms with van der Waals surface area (Å²) in [5.74, 6) is 0.523. The van der Waals surface area contributed by atoms with Crippen molar-refractivity contribution in [2.45, 2.75) is 57.6 Å². The summed E-state index contributed by atoms with van der Waals surface area (Å²) < 4.78 is 0. The zero-order valence-electron chi connectivity index (χ0n) is 10.4. The fourth-order valence-electron chi connectivity index (χ4n) is 2.29. The lowest BCUT2D eigenvalue weighted by Gasteiger charge is -2.23. The maximum atomic E-state index is 11.1. The van der Waals surface area contributed by atoms with E-state index < -0.39 is 5.97 Å².